The smallest absolute Gasteiger partial charge is 0.206 e. The van der Waals surface area contributed by atoms with E-state index < -0.39 is 24.5 Å². The maximum absolute atomic E-state index is 10.2. The molecule has 6 nitrogen and oxygen atoms in total. The molecule has 3 atom stereocenters. The zero-order valence-corrected chi connectivity index (χ0v) is 12.5. The lowest BCUT2D eigenvalue weighted by atomic mass is 10.1. The number of halogens is 2. The summed E-state index contributed by atoms with van der Waals surface area (Å²) in [6.45, 7) is -0.630. The van der Waals surface area contributed by atoms with Gasteiger partial charge in [-0.25, -0.2) is 4.98 Å². The molecule has 0 saturated carbocycles. The summed E-state index contributed by atoms with van der Waals surface area (Å²) in [6, 6.07) is 5.32. The first-order valence-electron chi connectivity index (χ1n) is 5.94. The largest absolute Gasteiger partial charge is 0.391 e. The van der Waals surface area contributed by atoms with Crippen LogP contribution in [0, 0.1) is 0 Å². The Balaban J connectivity index is 2.27. The maximum Gasteiger partial charge on any atom is 0.206 e. The molecule has 1 aliphatic heterocycles. The number of aromatic nitrogens is 2. The van der Waals surface area contributed by atoms with Crippen LogP contribution < -0.4 is 0 Å². The highest BCUT2D eigenvalue weighted by Gasteiger charge is 2.51. The van der Waals surface area contributed by atoms with E-state index in [-0.39, 0.29) is 11.9 Å². The van der Waals surface area contributed by atoms with Crippen molar-refractivity contribution >= 4 is 38.6 Å². The van der Waals surface area contributed by atoms with Gasteiger partial charge in [0, 0.05) is 4.47 Å². The molecule has 1 aromatic heterocycles. The van der Waals surface area contributed by atoms with E-state index in [0.717, 1.165) is 4.47 Å². The number of benzene rings is 1. The predicted molar refractivity (Wildman–Crippen MR) is 75.5 cm³/mol. The third-order valence-electron chi connectivity index (χ3n) is 3.51. The minimum Gasteiger partial charge on any atom is -0.391 e. The van der Waals surface area contributed by atoms with E-state index in [1.807, 2.05) is 6.07 Å². The first kappa shape index (κ1) is 14.2. The molecule has 0 unspecified atom stereocenters. The molecule has 0 radical (unpaired) electrons. The number of aliphatic hydroxyl groups is 3. The van der Waals surface area contributed by atoms with E-state index in [2.05, 4.69) is 20.9 Å². The van der Waals surface area contributed by atoms with Crippen molar-refractivity contribution in [1.29, 1.82) is 0 Å². The van der Waals surface area contributed by atoms with Crippen LogP contribution in [0.2, 0.25) is 5.28 Å². The molecule has 1 aliphatic rings. The van der Waals surface area contributed by atoms with Crippen molar-refractivity contribution in [2.24, 2.45) is 0 Å². The van der Waals surface area contributed by atoms with Crippen molar-refractivity contribution in [2.45, 2.75) is 17.9 Å². The van der Waals surface area contributed by atoms with E-state index in [0.29, 0.717) is 11.0 Å². The molecule has 20 heavy (non-hydrogen) atoms. The highest BCUT2D eigenvalue weighted by molar-refractivity contribution is 9.10. The average Bonchev–Trinajstić information content (AvgIpc) is 2.89. The van der Waals surface area contributed by atoms with Crippen LogP contribution in [-0.2, 0) is 10.5 Å². The highest BCUT2D eigenvalue weighted by atomic mass is 79.9. The first-order chi connectivity index (χ1) is 9.49. The molecule has 3 N–H and O–H groups in total. The van der Waals surface area contributed by atoms with Gasteiger partial charge in [-0.2, -0.15) is 0 Å². The molecule has 0 aliphatic carbocycles. The van der Waals surface area contributed by atoms with E-state index in [1.165, 1.54) is 4.57 Å². The second kappa shape index (κ2) is 4.94. The molecule has 0 bridgehead atoms. The Morgan fingerprint density at radius 3 is 2.85 bits per heavy atom. The van der Waals surface area contributed by atoms with Gasteiger partial charge in [0.15, 0.2) is 5.72 Å². The van der Waals surface area contributed by atoms with E-state index in [9.17, 15) is 15.3 Å². The van der Waals surface area contributed by atoms with Crippen molar-refractivity contribution in [3.63, 3.8) is 0 Å². The SMILES string of the molecule is OC[C@]1(n2c(Cl)nc3ccc(Br)cc32)OC[C@H](O)[C@@H]1O. The van der Waals surface area contributed by atoms with Crippen LogP contribution >= 0.6 is 27.5 Å². The van der Waals surface area contributed by atoms with Gasteiger partial charge >= 0.3 is 0 Å². The van der Waals surface area contributed by atoms with Gasteiger partial charge < -0.3 is 20.1 Å². The molecule has 2 heterocycles. The summed E-state index contributed by atoms with van der Waals surface area (Å²) in [5, 5.41) is 29.7. The van der Waals surface area contributed by atoms with Gasteiger partial charge in [-0.3, -0.25) is 4.57 Å². The van der Waals surface area contributed by atoms with Crippen LogP contribution in [0.4, 0.5) is 0 Å². The molecule has 8 heteroatoms. The van der Waals surface area contributed by atoms with Gasteiger partial charge in [0.25, 0.3) is 0 Å². The Bertz CT molecular complexity index is 664. The Kier molecular flexibility index (Phi) is 3.52. The fraction of sp³-hybridized carbons (Fsp3) is 0.417. The highest BCUT2D eigenvalue weighted by Crippen LogP contribution is 2.37. The van der Waals surface area contributed by atoms with Gasteiger partial charge in [-0.15, -0.1) is 0 Å². The molecule has 0 amide bonds. The Labute approximate surface area is 127 Å². The summed E-state index contributed by atoms with van der Waals surface area (Å²) in [4.78, 5) is 4.17. The van der Waals surface area contributed by atoms with E-state index in [1.54, 1.807) is 12.1 Å². The molecule has 1 fully saturated rings. The fourth-order valence-electron chi connectivity index (χ4n) is 2.49. The van der Waals surface area contributed by atoms with Crippen molar-refractivity contribution in [3.8, 4) is 0 Å². The Hall–Kier alpha value is -0.700. The van der Waals surface area contributed by atoms with Gasteiger partial charge in [-0.05, 0) is 29.8 Å². The molecule has 1 aromatic carbocycles. The summed E-state index contributed by atoms with van der Waals surface area (Å²) >= 11 is 9.49. The summed E-state index contributed by atoms with van der Waals surface area (Å²) < 4.78 is 7.67. The minimum atomic E-state index is -1.54. The second-order valence-corrected chi connectivity index (χ2v) is 5.93. The zero-order valence-electron chi connectivity index (χ0n) is 10.2. The monoisotopic (exact) mass is 362 g/mol. The molecule has 3 rings (SSSR count). The summed E-state index contributed by atoms with van der Waals surface area (Å²) in [7, 11) is 0. The van der Waals surface area contributed by atoms with E-state index in [4.69, 9.17) is 16.3 Å². The molecule has 2 aromatic rings. The number of rotatable bonds is 2. The van der Waals surface area contributed by atoms with Crippen molar-refractivity contribution in [3.05, 3.63) is 28.0 Å². The summed E-state index contributed by atoms with van der Waals surface area (Å²) in [6.07, 6.45) is -2.40. The fourth-order valence-corrected chi connectivity index (χ4v) is 3.17. The van der Waals surface area contributed by atoms with Crippen LogP contribution in [0.5, 0.6) is 0 Å². The van der Waals surface area contributed by atoms with Crippen molar-refractivity contribution in [1.82, 2.24) is 9.55 Å². The normalized spacial score (nSPS) is 30.2. The van der Waals surface area contributed by atoms with Crippen LogP contribution in [0.25, 0.3) is 11.0 Å². The number of imidazole rings is 1. The van der Waals surface area contributed by atoms with Crippen molar-refractivity contribution in [2.75, 3.05) is 13.2 Å². The number of hydrogen-bond donors (Lipinski definition) is 3. The zero-order chi connectivity index (χ0) is 14.5. The minimum absolute atomic E-state index is 0.0697. The Morgan fingerprint density at radius 2 is 2.25 bits per heavy atom. The van der Waals surface area contributed by atoms with Crippen LogP contribution in [-0.4, -0.2) is 50.3 Å². The topological polar surface area (TPSA) is 87.7 Å². The molecule has 108 valence electrons. The van der Waals surface area contributed by atoms with Crippen LogP contribution in [0.3, 0.4) is 0 Å². The quantitative estimate of drug-likeness (QED) is 0.736. The predicted octanol–water partition coefficient (Wildman–Crippen LogP) is 0.849. The van der Waals surface area contributed by atoms with Gasteiger partial charge in [-0.1, -0.05) is 15.9 Å². The lowest BCUT2D eigenvalue weighted by molar-refractivity contribution is -0.149. The molecular formula is C12H12BrClN2O4. The third-order valence-corrected chi connectivity index (χ3v) is 4.26. The number of ether oxygens (including phenoxy) is 1. The van der Waals surface area contributed by atoms with E-state index >= 15 is 0 Å². The lowest BCUT2D eigenvalue weighted by Crippen LogP contribution is -2.48. The number of hydrogen-bond acceptors (Lipinski definition) is 5. The number of nitrogens with zero attached hydrogens (tertiary/aromatic N) is 2. The first-order valence-corrected chi connectivity index (χ1v) is 7.11. The number of aliphatic hydroxyl groups excluding tert-OH is 3. The number of fused-ring (bicyclic) bond motifs is 1. The maximum atomic E-state index is 10.2. The summed E-state index contributed by atoms with van der Waals surface area (Å²) in [5.74, 6) is 0. The average molecular weight is 364 g/mol. The molecule has 0 spiro atoms. The molecular weight excluding hydrogens is 351 g/mol. The van der Waals surface area contributed by atoms with Gasteiger partial charge in [0.1, 0.15) is 12.2 Å². The van der Waals surface area contributed by atoms with Crippen LogP contribution in [0.1, 0.15) is 0 Å². The van der Waals surface area contributed by atoms with Crippen molar-refractivity contribution < 1.29 is 20.1 Å². The van der Waals surface area contributed by atoms with Crippen LogP contribution in [0.15, 0.2) is 22.7 Å². The second-order valence-electron chi connectivity index (χ2n) is 4.68. The molecule has 1 saturated heterocycles. The standard InChI is InChI=1S/C12H12BrClN2O4/c13-6-1-2-7-8(3-6)16(11(14)15-7)12(5-17)10(19)9(18)4-20-12/h1-3,9-10,17-19H,4-5H2/t9-,10-,12-/m0/s1. The Morgan fingerprint density at radius 1 is 1.50 bits per heavy atom. The summed E-state index contributed by atoms with van der Waals surface area (Å²) in [5.41, 5.74) is -0.346. The van der Waals surface area contributed by atoms with Gasteiger partial charge in [0.05, 0.1) is 24.2 Å². The van der Waals surface area contributed by atoms with Gasteiger partial charge in [0.2, 0.25) is 5.28 Å². The third kappa shape index (κ3) is 1.89. The lowest BCUT2D eigenvalue weighted by Gasteiger charge is -2.32.